The van der Waals surface area contributed by atoms with E-state index in [1.807, 2.05) is 31.2 Å². The zero-order valence-electron chi connectivity index (χ0n) is 21.6. The fourth-order valence-electron chi connectivity index (χ4n) is 4.28. The van der Waals surface area contributed by atoms with Gasteiger partial charge in [0.1, 0.15) is 11.5 Å². The first-order valence-electron chi connectivity index (χ1n) is 12.5. The molecule has 38 heavy (non-hydrogen) atoms. The molecule has 1 aliphatic heterocycles. The Kier molecular flexibility index (Phi) is 9.22. The molecule has 3 aromatic rings. The van der Waals surface area contributed by atoms with Crippen LogP contribution in [0, 0.1) is 0 Å². The lowest BCUT2D eigenvalue weighted by Crippen LogP contribution is -2.43. The topological polar surface area (TPSA) is 106 Å². The highest BCUT2D eigenvalue weighted by Crippen LogP contribution is 2.24. The van der Waals surface area contributed by atoms with Crippen LogP contribution in [0.5, 0.6) is 11.5 Å². The van der Waals surface area contributed by atoms with Crippen molar-refractivity contribution in [2.75, 3.05) is 51.3 Å². The third-order valence-electron chi connectivity index (χ3n) is 6.27. The summed E-state index contributed by atoms with van der Waals surface area (Å²) in [6.07, 6.45) is 0. The van der Waals surface area contributed by atoms with Gasteiger partial charge in [-0.3, -0.25) is 14.4 Å². The number of rotatable bonds is 11. The first kappa shape index (κ1) is 27.4. The summed E-state index contributed by atoms with van der Waals surface area (Å²) in [6.45, 7) is 5.52. The molecule has 0 unspecified atom stereocenters. The summed E-state index contributed by atoms with van der Waals surface area (Å²) >= 11 is 0. The van der Waals surface area contributed by atoms with E-state index in [9.17, 15) is 13.2 Å². The number of sulfonamides is 1. The molecule has 1 amide bonds. The molecule has 2 N–H and O–H groups in total. The summed E-state index contributed by atoms with van der Waals surface area (Å²) in [6, 6.07) is 20.4. The molecule has 4 rings (SSSR count). The van der Waals surface area contributed by atoms with E-state index >= 15 is 0 Å². The summed E-state index contributed by atoms with van der Waals surface area (Å²) in [5, 5.41) is 3.02. The van der Waals surface area contributed by atoms with Crippen LogP contribution in [0.3, 0.4) is 0 Å². The maximum atomic E-state index is 13.1. The zero-order valence-corrected chi connectivity index (χ0v) is 22.4. The molecule has 0 aromatic heterocycles. The van der Waals surface area contributed by atoms with Crippen molar-refractivity contribution >= 4 is 21.6 Å². The largest absolute Gasteiger partial charge is 0.497 e. The minimum Gasteiger partial charge on any atom is -0.497 e. The van der Waals surface area contributed by atoms with Crippen LogP contribution in [0.25, 0.3) is 0 Å². The Morgan fingerprint density at radius 3 is 2.34 bits per heavy atom. The molecule has 0 saturated carbocycles. The summed E-state index contributed by atoms with van der Waals surface area (Å²) < 4.78 is 44.5. The predicted octanol–water partition coefficient (Wildman–Crippen LogP) is 3.70. The van der Waals surface area contributed by atoms with E-state index < -0.39 is 10.0 Å². The molecule has 9 nitrogen and oxygen atoms in total. The van der Waals surface area contributed by atoms with Gasteiger partial charge in [-0.2, -0.15) is 0 Å². The van der Waals surface area contributed by atoms with Crippen molar-refractivity contribution in [3.05, 3.63) is 83.9 Å². The van der Waals surface area contributed by atoms with Gasteiger partial charge in [0.25, 0.3) is 15.9 Å². The lowest BCUT2D eigenvalue weighted by atomic mass is 10.0. The van der Waals surface area contributed by atoms with Crippen LogP contribution >= 0.6 is 0 Å². The van der Waals surface area contributed by atoms with E-state index in [1.165, 1.54) is 18.2 Å². The summed E-state index contributed by atoms with van der Waals surface area (Å²) in [5.74, 6) is 1.07. The Hall–Kier alpha value is -3.60. The van der Waals surface area contributed by atoms with Crippen molar-refractivity contribution < 1.29 is 27.4 Å². The van der Waals surface area contributed by atoms with Crippen molar-refractivity contribution in [1.29, 1.82) is 0 Å². The first-order chi connectivity index (χ1) is 18.4. The number of hydrogen-bond donors (Lipinski definition) is 2. The fourth-order valence-corrected chi connectivity index (χ4v) is 5.33. The number of hydrogen-bond acceptors (Lipinski definition) is 7. The lowest BCUT2D eigenvalue weighted by molar-refractivity contribution is 0.0162. The molecule has 1 heterocycles. The molecule has 1 atom stereocenters. The third-order valence-corrected chi connectivity index (χ3v) is 7.66. The van der Waals surface area contributed by atoms with Gasteiger partial charge in [0.15, 0.2) is 0 Å². The Labute approximate surface area is 223 Å². The van der Waals surface area contributed by atoms with Gasteiger partial charge in [0.2, 0.25) is 0 Å². The molecule has 0 spiro atoms. The normalized spacial score (nSPS) is 14.9. The van der Waals surface area contributed by atoms with Crippen LogP contribution in [0.15, 0.2) is 77.7 Å². The number of carbonyl (C=O) groups excluding carboxylic acids is 1. The monoisotopic (exact) mass is 539 g/mol. The Bertz CT molecular complexity index is 1310. The summed E-state index contributed by atoms with van der Waals surface area (Å²) in [4.78, 5) is 15.5. The number of benzene rings is 3. The number of nitrogens with one attached hydrogen (secondary N) is 2. The SMILES string of the molecule is CCOc1ccc(S(=O)(=O)Nc2cccc(C(=O)NC[C@@H](c3ccc(OC)cc3)N3CCOCC3)c2)cc1. The Morgan fingerprint density at radius 1 is 1.00 bits per heavy atom. The highest BCUT2D eigenvalue weighted by molar-refractivity contribution is 7.92. The van der Waals surface area contributed by atoms with Crippen LogP contribution in [-0.2, 0) is 14.8 Å². The molecule has 202 valence electrons. The lowest BCUT2D eigenvalue weighted by Gasteiger charge is -2.35. The van der Waals surface area contributed by atoms with E-state index in [-0.39, 0.29) is 16.8 Å². The van der Waals surface area contributed by atoms with Crippen LogP contribution in [0.1, 0.15) is 28.9 Å². The van der Waals surface area contributed by atoms with Crippen molar-refractivity contribution in [2.24, 2.45) is 0 Å². The molecular formula is C28H33N3O6S. The van der Waals surface area contributed by atoms with Crippen LogP contribution < -0.4 is 19.5 Å². The number of morpholine rings is 1. The molecule has 3 aromatic carbocycles. The molecule has 0 aliphatic carbocycles. The van der Waals surface area contributed by atoms with Crippen molar-refractivity contribution in [1.82, 2.24) is 10.2 Å². The highest BCUT2D eigenvalue weighted by atomic mass is 32.2. The smallest absolute Gasteiger partial charge is 0.261 e. The Balaban J connectivity index is 1.44. The second-order valence-electron chi connectivity index (χ2n) is 8.74. The van der Waals surface area contributed by atoms with Gasteiger partial charge in [-0.05, 0) is 67.1 Å². The molecule has 0 bridgehead atoms. The third kappa shape index (κ3) is 7.03. The number of amides is 1. The average Bonchev–Trinajstić information content (AvgIpc) is 2.94. The van der Waals surface area contributed by atoms with Crippen molar-refractivity contribution in [3.63, 3.8) is 0 Å². The number of anilines is 1. The molecule has 1 saturated heterocycles. The van der Waals surface area contributed by atoms with Gasteiger partial charge in [-0.1, -0.05) is 18.2 Å². The molecule has 1 aliphatic rings. The van der Waals surface area contributed by atoms with Crippen LogP contribution in [0.4, 0.5) is 5.69 Å². The van der Waals surface area contributed by atoms with E-state index in [4.69, 9.17) is 14.2 Å². The molecule has 1 fully saturated rings. The van der Waals surface area contributed by atoms with Crippen LogP contribution in [-0.4, -0.2) is 65.8 Å². The van der Waals surface area contributed by atoms with Gasteiger partial charge in [0, 0.05) is 30.9 Å². The average molecular weight is 540 g/mol. The zero-order chi connectivity index (χ0) is 27.0. The van der Waals surface area contributed by atoms with Crippen molar-refractivity contribution in [2.45, 2.75) is 17.9 Å². The van der Waals surface area contributed by atoms with Gasteiger partial charge in [-0.15, -0.1) is 0 Å². The number of nitrogens with zero attached hydrogens (tertiary/aromatic N) is 1. The minimum absolute atomic E-state index is 0.0462. The quantitative estimate of drug-likeness (QED) is 0.383. The highest BCUT2D eigenvalue weighted by Gasteiger charge is 2.24. The van der Waals surface area contributed by atoms with Gasteiger partial charge in [-0.25, -0.2) is 8.42 Å². The minimum atomic E-state index is -3.84. The predicted molar refractivity (Wildman–Crippen MR) is 145 cm³/mol. The fraction of sp³-hybridized carbons (Fsp3) is 0.321. The van der Waals surface area contributed by atoms with E-state index in [0.717, 1.165) is 24.4 Å². The second kappa shape index (κ2) is 12.8. The Morgan fingerprint density at radius 2 is 1.68 bits per heavy atom. The summed E-state index contributed by atoms with van der Waals surface area (Å²) in [7, 11) is -2.21. The molecule has 10 heteroatoms. The number of methoxy groups -OCH3 is 1. The maximum Gasteiger partial charge on any atom is 0.261 e. The van der Waals surface area contributed by atoms with Gasteiger partial charge < -0.3 is 19.5 Å². The van der Waals surface area contributed by atoms with Crippen molar-refractivity contribution in [3.8, 4) is 11.5 Å². The first-order valence-corrected chi connectivity index (χ1v) is 14.0. The van der Waals surface area contributed by atoms with E-state index in [2.05, 4.69) is 14.9 Å². The summed E-state index contributed by atoms with van der Waals surface area (Å²) in [5.41, 5.74) is 1.71. The molecule has 0 radical (unpaired) electrons. The van der Waals surface area contributed by atoms with E-state index in [1.54, 1.807) is 37.4 Å². The van der Waals surface area contributed by atoms with Crippen LogP contribution in [0.2, 0.25) is 0 Å². The number of carbonyl (C=O) groups is 1. The molecular weight excluding hydrogens is 506 g/mol. The van der Waals surface area contributed by atoms with E-state index in [0.29, 0.717) is 43.4 Å². The van der Waals surface area contributed by atoms with Gasteiger partial charge >= 0.3 is 0 Å². The standard InChI is InChI=1S/C28H33N3O6S/c1-3-37-25-11-13-26(14-12-25)38(33,34)30-23-6-4-5-22(19-23)28(32)29-20-27(31-15-17-36-18-16-31)21-7-9-24(35-2)10-8-21/h4-14,19,27,30H,3,15-18,20H2,1-2H3,(H,29,32)/t27-/m0/s1. The van der Waals surface area contributed by atoms with Gasteiger partial charge in [0.05, 0.1) is 37.9 Å². The second-order valence-corrected chi connectivity index (χ2v) is 10.4. The maximum absolute atomic E-state index is 13.1. The number of ether oxygens (including phenoxy) is 3.